The molecule has 2 aromatic heterocycles. The molecular weight excluding hydrogens is 365 g/mol. The highest BCUT2D eigenvalue weighted by molar-refractivity contribution is 5.92. The highest BCUT2D eigenvalue weighted by Gasteiger charge is 2.35. The average molecular weight is 386 g/mol. The van der Waals surface area contributed by atoms with Gasteiger partial charge >= 0.3 is 6.18 Å². The number of nitrogens with zero attached hydrogens (tertiary/aromatic N) is 5. The number of rotatable bonds is 4. The molecule has 1 fully saturated rings. The first kappa shape index (κ1) is 19.2. The van der Waals surface area contributed by atoms with Crippen molar-refractivity contribution in [3.8, 4) is 0 Å². The first-order valence-electron chi connectivity index (χ1n) is 8.65. The lowest BCUT2D eigenvalue weighted by Gasteiger charge is -2.29. The number of amides is 1. The van der Waals surface area contributed by atoms with Gasteiger partial charge in [-0.1, -0.05) is 6.92 Å². The van der Waals surface area contributed by atoms with Gasteiger partial charge in [0.25, 0.3) is 17.7 Å². The van der Waals surface area contributed by atoms with Crippen LogP contribution in [0.5, 0.6) is 0 Å². The number of hydrogen-bond donors (Lipinski definition) is 1. The molecule has 27 heavy (non-hydrogen) atoms. The predicted molar refractivity (Wildman–Crippen MR) is 89.0 cm³/mol. The van der Waals surface area contributed by atoms with Crippen molar-refractivity contribution in [2.45, 2.75) is 38.9 Å². The molecule has 1 amide bonds. The number of nitrogens with one attached hydrogen (secondary N) is 1. The van der Waals surface area contributed by atoms with Gasteiger partial charge < -0.3 is 14.7 Å². The second-order valence-corrected chi connectivity index (χ2v) is 6.86. The van der Waals surface area contributed by atoms with Gasteiger partial charge in [0.15, 0.2) is 5.69 Å². The maximum Gasteiger partial charge on any atom is 0.435 e. The summed E-state index contributed by atoms with van der Waals surface area (Å²) in [5.41, 5.74) is -1.33. The molecule has 2 atom stereocenters. The van der Waals surface area contributed by atoms with Gasteiger partial charge in [0.2, 0.25) is 0 Å². The molecule has 2 aromatic rings. The molecule has 0 unspecified atom stereocenters. The second-order valence-electron chi connectivity index (χ2n) is 6.86. The van der Waals surface area contributed by atoms with Gasteiger partial charge in [-0.05, 0) is 30.8 Å². The molecule has 1 N–H and O–H groups in total. The lowest BCUT2D eigenvalue weighted by atomic mass is 10.0. The van der Waals surface area contributed by atoms with Crippen LogP contribution in [0.15, 0.2) is 10.6 Å². The number of aryl methyl sites for hydroxylation is 1. The zero-order chi connectivity index (χ0) is 19.8. The largest absolute Gasteiger partial charge is 0.435 e. The summed E-state index contributed by atoms with van der Waals surface area (Å²) in [6, 6.07) is 0.0429. The summed E-state index contributed by atoms with van der Waals surface area (Å²) in [5, 5.41) is 9.84. The Balaban J connectivity index is 1.68. The quantitative estimate of drug-likeness (QED) is 0.869. The van der Waals surface area contributed by atoms with Gasteiger partial charge in [0.05, 0.1) is 0 Å². The Morgan fingerprint density at radius 2 is 2.19 bits per heavy atom. The van der Waals surface area contributed by atoms with Crippen LogP contribution in [0.3, 0.4) is 0 Å². The second kappa shape index (κ2) is 7.20. The molecule has 0 bridgehead atoms. The van der Waals surface area contributed by atoms with E-state index in [0.717, 1.165) is 30.6 Å². The number of carbonyl (C=O) groups excluding carboxylic acids is 1. The zero-order valence-electron chi connectivity index (χ0n) is 15.2. The lowest BCUT2D eigenvalue weighted by molar-refractivity contribution is -0.141. The van der Waals surface area contributed by atoms with Gasteiger partial charge in [-0.3, -0.25) is 9.48 Å². The van der Waals surface area contributed by atoms with Crippen LogP contribution in [0, 0.1) is 5.92 Å². The summed E-state index contributed by atoms with van der Waals surface area (Å²) in [5.74, 6) is 0.470. The molecule has 0 aromatic carbocycles. The van der Waals surface area contributed by atoms with Crippen LogP contribution in [-0.4, -0.2) is 38.9 Å². The van der Waals surface area contributed by atoms with Gasteiger partial charge in [0.1, 0.15) is 11.7 Å². The van der Waals surface area contributed by atoms with Crippen LogP contribution in [0.4, 0.5) is 19.1 Å². The van der Waals surface area contributed by atoms with Crippen molar-refractivity contribution in [2.75, 3.05) is 18.0 Å². The highest BCUT2D eigenvalue weighted by Crippen LogP contribution is 2.28. The Hall–Kier alpha value is -2.59. The number of aromatic nitrogens is 4. The van der Waals surface area contributed by atoms with Crippen molar-refractivity contribution in [3.05, 3.63) is 23.3 Å². The fourth-order valence-corrected chi connectivity index (χ4v) is 3.05. The fraction of sp³-hybridized carbons (Fsp3) is 0.625. The summed E-state index contributed by atoms with van der Waals surface area (Å²) < 4.78 is 44.3. The van der Waals surface area contributed by atoms with E-state index >= 15 is 0 Å². The van der Waals surface area contributed by atoms with E-state index in [1.807, 2.05) is 4.90 Å². The number of carbonyl (C=O) groups is 1. The normalized spacial score (nSPS) is 19.2. The fourth-order valence-electron chi connectivity index (χ4n) is 3.05. The highest BCUT2D eigenvalue weighted by atomic mass is 19.4. The van der Waals surface area contributed by atoms with Crippen LogP contribution in [0.1, 0.15) is 54.8 Å². The van der Waals surface area contributed by atoms with Gasteiger partial charge in [0, 0.05) is 26.2 Å². The monoisotopic (exact) mass is 386 g/mol. The van der Waals surface area contributed by atoms with Crippen molar-refractivity contribution in [1.29, 1.82) is 0 Å². The predicted octanol–water partition coefficient (Wildman–Crippen LogP) is 2.55. The van der Waals surface area contributed by atoms with Crippen molar-refractivity contribution in [2.24, 2.45) is 13.0 Å². The Morgan fingerprint density at radius 3 is 2.81 bits per heavy atom. The molecule has 11 heteroatoms. The standard InChI is InChI=1S/C16H21F3N6O2/c1-9-5-4-6-25(8-9)15-21-14(27-23-15)10(2)20-13(26)11-7-12(16(17,18)19)22-24(11)3/h7,9-10H,4-6,8H2,1-3H3,(H,20,26)/t9-,10-/m1/s1. The number of piperidine rings is 1. The molecule has 1 aliphatic heterocycles. The van der Waals surface area contributed by atoms with Crippen LogP contribution in [-0.2, 0) is 13.2 Å². The van der Waals surface area contributed by atoms with E-state index in [1.165, 1.54) is 7.05 Å². The SMILES string of the molecule is C[C@@H]1CCCN(c2noc([C@@H](C)NC(=O)c3cc(C(F)(F)F)nn3C)n2)C1. The minimum Gasteiger partial charge on any atom is -0.339 e. The van der Waals surface area contributed by atoms with Crippen molar-refractivity contribution in [1.82, 2.24) is 25.2 Å². The molecule has 148 valence electrons. The Morgan fingerprint density at radius 1 is 1.44 bits per heavy atom. The van der Waals surface area contributed by atoms with E-state index in [1.54, 1.807) is 6.92 Å². The molecule has 8 nitrogen and oxygen atoms in total. The molecule has 0 spiro atoms. The third-order valence-corrected chi connectivity index (χ3v) is 4.49. The Kier molecular flexibility index (Phi) is 5.11. The summed E-state index contributed by atoms with van der Waals surface area (Å²) >= 11 is 0. The van der Waals surface area contributed by atoms with E-state index in [9.17, 15) is 18.0 Å². The van der Waals surface area contributed by atoms with Crippen LogP contribution in [0.25, 0.3) is 0 Å². The molecule has 0 saturated carbocycles. The van der Waals surface area contributed by atoms with E-state index in [0.29, 0.717) is 17.9 Å². The third-order valence-electron chi connectivity index (χ3n) is 4.49. The van der Waals surface area contributed by atoms with Gasteiger partial charge in [-0.25, -0.2) is 0 Å². The average Bonchev–Trinajstić information content (AvgIpc) is 3.21. The molecular formula is C16H21F3N6O2. The Bertz CT molecular complexity index is 815. The van der Waals surface area contributed by atoms with E-state index in [2.05, 4.69) is 27.5 Å². The van der Waals surface area contributed by atoms with Gasteiger partial charge in [-0.2, -0.15) is 23.3 Å². The first-order chi connectivity index (χ1) is 12.6. The van der Waals surface area contributed by atoms with Crippen molar-refractivity contribution >= 4 is 11.9 Å². The number of alkyl halides is 3. The van der Waals surface area contributed by atoms with E-state index in [4.69, 9.17) is 4.52 Å². The molecule has 0 aliphatic carbocycles. The molecule has 3 rings (SSSR count). The smallest absolute Gasteiger partial charge is 0.339 e. The van der Waals surface area contributed by atoms with E-state index < -0.39 is 23.8 Å². The number of anilines is 1. The summed E-state index contributed by atoms with van der Waals surface area (Å²) in [4.78, 5) is 18.6. The minimum atomic E-state index is -4.62. The molecule has 1 aliphatic rings. The summed E-state index contributed by atoms with van der Waals surface area (Å²) in [6.45, 7) is 5.43. The van der Waals surface area contributed by atoms with E-state index in [-0.39, 0.29) is 11.6 Å². The number of hydrogen-bond acceptors (Lipinski definition) is 6. The van der Waals surface area contributed by atoms with Crippen LogP contribution >= 0.6 is 0 Å². The van der Waals surface area contributed by atoms with Crippen molar-refractivity contribution in [3.63, 3.8) is 0 Å². The maximum absolute atomic E-state index is 12.7. The molecule has 0 radical (unpaired) electrons. The Labute approximate surface area is 153 Å². The summed E-state index contributed by atoms with van der Waals surface area (Å²) in [7, 11) is 1.27. The van der Waals surface area contributed by atoms with Crippen LogP contribution < -0.4 is 10.2 Å². The third kappa shape index (κ3) is 4.22. The number of halogens is 3. The van der Waals surface area contributed by atoms with Crippen molar-refractivity contribution < 1.29 is 22.5 Å². The lowest BCUT2D eigenvalue weighted by Crippen LogP contribution is -2.35. The zero-order valence-corrected chi connectivity index (χ0v) is 15.2. The topological polar surface area (TPSA) is 89.1 Å². The first-order valence-corrected chi connectivity index (χ1v) is 8.65. The molecule has 3 heterocycles. The summed E-state index contributed by atoms with van der Waals surface area (Å²) in [6.07, 6.45) is -2.42. The molecule has 1 saturated heterocycles. The maximum atomic E-state index is 12.7. The minimum absolute atomic E-state index is 0.190. The van der Waals surface area contributed by atoms with Gasteiger partial charge in [-0.15, -0.1) is 0 Å². The van der Waals surface area contributed by atoms with Crippen LogP contribution in [0.2, 0.25) is 0 Å².